The Labute approximate surface area is 110 Å². The number of rotatable bonds is 2. The van der Waals surface area contributed by atoms with Gasteiger partial charge in [0.1, 0.15) is 5.78 Å². The van der Waals surface area contributed by atoms with Crippen LogP contribution in [0.5, 0.6) is 0 Å². The molecule has 1 aromatic carbocycles. The van der Waals surface area contributed by atoms with Gasteiger partial charge in [-0.2, -0.15) is 0 Å². The number of anilines is 1. The Morgan fingerprint density at radius 1 is 1.38 bits per heavy atom. The van der Waals surface area contributed by atoms with Gasteiger partial charge in [0.25, 0.3) is 0 Å². The van der Waals surface area contributed by atoms with Gasteiger partial charge in [-0.1, -0.05) is 19.1 Å². The molecule has 0 aromatic heterocycles. The van der Waals surface area contributed by atoms with Crippen LogP contribution in [-0.2, 0) is 4.79 Å². The number of hydrogen-bond donors (Lipinski definition) is 1. The fourth-order valence-corrected chi connectivity index (χ4v) is 2.72. The van der Waals surface area contributed by atoms with Crippen LogP contribution in [0, 0.1) is 9.49 Å². The van der Waals surface area contributed by atoms with Crippen molar-refractivity contribution < 1.29 is 4.79 Å². The third kappa shape index (κ3) is 2.56. The van der Waals surface area contributed by atoms with Crippen molar-refractivity contribution in [3.8, 4) is 0 Å². The summed E-state index contributed by atoms with van der Waals surface area (Å²) in [5.74, 6) is 0.541. The molecule has 86 valence electrons. The largest absolute Gasteiger partial charge is 0.381 e. The highest BCUT2D eigenvalue weighted by Crippen LogP contribution is 2.26. The van der Waals surface area contributed by atoms with E-state index in [2.05, 4.69) is 40.0 Å². The third-order valence-electron chi connectivity index (χ3n) is 3.26. The van der Waals surface area contributed by atoms with Crippen molar-refractivity contribution in [3.63, 3.8) is 0 Å². The fraction of sp³-hybridized carbons (Fsp3) is 0.462. The van der Waals surface area contributed by atoms with Crippen molar-refractivity contribution in [2.24, 2.45) is 5.92 Å². The fourth-order valence-electron chi connectivity index (χ4n) is 2.17. The molecule has 2 unspecified atom stereocenters. The van der Waals surface area contributed by atoms with Crippen LogP contribution >= 0.6 is 22.6 Å². The normalized spacial score (nSPS) is 25.5. The number of halogens is 1. The molecule has 0 spiro atoms. The van der Waals surface area contributed by atoms with E-state index in [1.165, 1.54) is 3.57 Å². The summed E-state index contributed by atoms with van der Waals surface area (Å²) in [6.07, 6.45) is 2.87. The van der Waals surface area contributed by atoms with E-state index in [1.807, 2.05) is 19.1 Å². The lowest BCUT2D eigenvalue weighted by Crippen LogP contribution is -2.36. The molecule has 16 heavy (non-hydrogen) atoms. The lowest BCUT2D eigenvalue weighted by atomic mass is 9.84. The maximum atomic E-state index is 11.6. The van der Waals surface area contributed by atoms with Crippen LogP contribution in [0.25, 0.3) is 0 Å². The molecular weight excluding hydrogens is 313 g/mol. The SMILES string of the molecule is CC1C(=O)CCCC1Nc1ccccc1I. The summed E-state index contributed by atoms with van der Waals surface area (Å²) >= 11 is 2.32. The van der Waals surface area contributed by atoms with Gasteiger partial charge in [-0.05, 0) is 47.6 Å². The standard InChI is InChI=1S/C13H16INO/c1-9-11(7-4-8-13(9)16)15-12-6-3-2-5-10(12)14/h2-3,5-6,9,11,15H,4,7-8H2,1H3. The quantitative estimate of drug-likeness (QED) is 0.842. The average molecular weight is 329 g/mol. The molecule has 2 nitrogen and oxygen atoms in total. The molecule has 0 saturated heterocycles. The third-order valence-corrected chi connectivity index (χ3v) is 4.21. The van der Waals surface area contributed by atoms with Gasteiger partial charge in [-0.25, -0.2) is 0 Å². The number of para-hydroxylation sites is 1. The zero-order valence-corrected chi connectivity index (χ0v) is 11.5. The maximum Gasteiger partial charge on any atom is 0.137 e. The van der Waals surface area contributed by atoms with Crippen molar-refractivity contribution >= 4 is 34.1 Å². The van der Waals surface area contributed by atoms with Crippen LogP contribution in [-0.4, -0.2) is 11.8 Å². The van der Waals surface area contributed by atoms with E-state index < -0.39 is 0 Å². The zero-order valence-electron chi connectivity index (χ0n) is 9.37. The number of nitrogens with one attached hydrogen (secondary N) is 1. The highest BCUT2D eigenvalue weighted by atomic mass is 127. The maximum absolute atomic E-state index is 11.6. The van der Waals surface area contributed by atoms with E-state index in [9.17, 15) is 4.79 Å². The molecule has 0 heterocycles. The van der Waals surface area contributed by atoms with E-state index in [1.54, 1.807) is 0 Å². The minimum Gasteiger partial charge on any atom is -0.381 e. The van der Waals surface area contributed by atoms with Gasteiger partial charge in [-0.3, -0.25) is 4.79 Å². The minimum atomic E-state index is 0.143. The molecule has 0 amide bonds. The predicted octanol–water partition coefficient (Wildman–Crippen LogP) is 3.46. The predicted molar refractivity (Wildman–Crippen MR) is 74.6 cm³/mol. The lowest BCUT2D eigenvalue weighted by molar-refractivity contribution is -0.124. The van der Waals surface area contributed by atoms with Crippen molar-refractivity contribution in [1.29, 1.82) is 0 Å². The van der Waals surface area contributed by atoms with Crippen molar-refractivity contribution in [2.45, 2.75) is 32.2 Å². The summed E-state index contributed by atoms with van der Waals surface area (Å²) in [6, 6.07) is 8.52. The van der Waals surface area contributed by atoms with Crippen LogP contribution in [0.15, 0.2) is 24.3 Å². The molecule has 2 atom stereocenters. The van der Waals surface area contributed by atoms with Crippen molar-refractivity contribution in [1.82, 2.24) is 0 Å². The second kappa shape index (κ2) is 5.17. The summed E-state index contributed by atoms with van der Waals surface area (Å²) in [5.41, 5.74) is 1.15. The van der Waals surface area contributed by atoms with Gasteiger partial charge in [0.2, 0.25) is 0 Å². The molecule has 1 N–H and O–H groups in total. The smallest absolute Gasteiger partial charge is 0.137 e. The van der Waals surface area contributed by atoms with Gasteiger partial charge >= 0.3 is 0 Å². The van der Waals surface area contributed by atoms with Crippen LogP contribution < -0.4 is 5.32 Å². The molecule has 2 rings (SSSR count). The summed E-state index contributed by atoms with van der Waals surface area (Å²) in [5, 5.41) is 3.50. The van der Waals surface area contributed by atoms with E-state index in [-0.39, 0.29) is 5.92 Å². The topological polar surface area (TPSA) is 29.1 Å². The van der Waals surface area contributed by atoms with Gasteiger partial charge in [0.15, 0.2) is 0 Å². The number of Topliss-reactive ketones (excluding diaryl/α,β-unsaturated/α-hetero) is 1. The molecule has 1 aliphatic rings. The van der Waals surface area contributed by atoms with Crippen molar-refractivity contribution in [3.05, 3.63) is 27.8 Å². The Morgan fingerprint density at radius 3 is 2.88 bits per heavy atom. The Balaban J connectivity index is 2.09. The number of hydrogen-bond acceptors (Lipinski definition) is 2. The van der Waals surface area contributed by atoms with Gasteiger partial charge in [0.05, 0.1) is 0 Å². The van der Waals surface area contributed by atoms with Gasteiger partial charge in [0, 0.05) is 27.6 Å². The Bertz CT molecular complexity index is 391. The number of carbonyl (C=O) groups is 1. The number of carbonyl (C=O) groups excluding carboxylic acids is 1. The zero-order chi connectivity index (χ0) is 11.5. The number of ketones is 1. The first-order valence-electron chi connectivity index (χ1n) is 5.72. The molecule has 3 heteroatoms. The Hall–Kier alpha value is -0.580. The second-order valence-corrected chi connectivity index (χ2v) is 5.54. The minimum absolute atomic E-state index is 0.143. The first-order chi connectivity index (χ1) is 7.68. The number of benzene rings is 1. The molecular formula is C13H16INO. The summed E-state index contributed by atoms with van der Waals surface area (Å²) in [7, 11) is 0. The lowest BCUT2D eigenvalue weighted by Gasteiger charge is -2.29. The van der Waals surface area contributed by atoms with Gasteiger partial charge < -0.3 is 5.32 Å². The highest BCUT2D eigenvalue weighted by Gasteiger charge is 2.27. The average Bonchev–Trinajstić information content (AvgIpc) is 2.28. The van der Waals surface area contributed by atoms with E-state index >= 15 is 0 Å². The molecule has 1 saturated carbocycles. The second-order valence-electron chi connectivity index (χ2n) is 4.38. The monoisotopic (exact) mass is 329 g/mol. The first kappa shape index (κ1) is 11.9. The highest BCUT2D eigenvalue weighted by molar-refractivity contribution is 14.1. The van der Waals surface area contributed by atoms with E-state index in [0.29, 0.717) is 11.8 Å². The van der Waals surface area contributed by atoms with Gasteiger partial charge in [-0.15, -0.1) is 0 Å². The molecule has 0 bridgehead atoms. The molecule has 0 radical (unpaired) electrons. The van der Waals surface area contributed by atoms with Crippen molar-refractivity contribution in [2.75, 3.05) is 5.32 Å². The Morgan fingerprint density at radius 2 is 2.12 bits per heavy atom. The summed E-state index contributed by atoms with van der Waals surface area (Å²) in [4.78, 5) is 11.6. The van der Waals surface area contributed by atoms with Crippen LogP contribution in [0.2, 0.25) is 0 Å². The van der Waals surface area contributed by atoms with E-state index in [0.717, 1.165) is 24.9 Å². The van der Waals surface area contributed by atoms with Crippen LogP contribution in [0.3, 0.4) is 0 Å². The summed E-state index contributed by atoms with van der Waals surface area (Å²) < 4.78 is 1.21. The molecule has 1 aliphatic carbocycles. The van der Waals surface area contributed by atoms with Crippen LogP contribution in [0.4, 0.5) is 5.69 Å². The molecule has 1 fully saturated rings. The molecule has 0 aliphatic heterocycles. The molecule has 1 aromatic rings. The van der Waals surface area contributed by atoms with E-state index in [4.69, 9.17) is 0 Å². The van der Waals surface area contributed by atoms with Crippen LogP contribution in [0.1, 0.15) is 26.2 Å². The Kier molecular flexibility index (Phi) is 3.84. The summed E-state index contributed by atoms with van der Waals surface area (Å²) in [6.45, 7) is 2.04. The first-order valence-corrected chi connectivity index (χ1v) is 6.80.